The molecule has 3 heterocycles. The number of ether oxygens (including phenoxy) is 5. The van der Waals surface area contributed by atoms with Crippen LogP contribution in [-0.2, 0) is 72.2 Å². The molecule has 2 fully saturated rings. The molecule has 0 aliphatic carbocycles. The van der Waals surface area contributed by atoms with Crippen molar-refractivity contribution < 1.29 is 111 Å². The first-order valence-corrected chi connectivity index (χ1v) is 17.1. The maximum atomic E-state index is 11.5. The summed E-state index contributed by atoms with van der Waals surface area (Å²) in [7, 11) is -15.8. The number of carboxylic acids is 1. The van der Waals surface area contributed by atoms with Crippen LogP contribution in [0.25, 0.3) is 0 Å². The Balaban J connectivity index is 1.87. The number of rotatable bonds is 14. The maximum absolute atomic E-state index is 11.5. The highest BCUT2D eigenvalue weighted by Gasteiger charge is 2.51. The standard InChI is InChI=1S/C20H32O24S3/c1-6-15(43-46(31,32)33)14(24)16(44-47(34,35)36)20(40-6)38-3-7-8(18(27)41-11(12(7)22)5-39-45(28,29)30)4-37-19-13(23)9(21)2-10(42-19)17(25)26/h2,6-9,11-16,18-24,27H,3-5H2,1H3,(H,25,26)(H,28,29,30)(H,31,32,33)(H,34,35,36)/t6?,7?,8?,9?,11?,12-,13?,14?,15+,16?,18?,19+,20+/m0/s1. The molecule has 3 aliphatic rings. The molecule has 3 rings (SSSR count). The van der Waals surface area contributed by atoms with E-state index in [9.17, 15) is 60.1 Å². The molecule has 0 aromatic carbocycles. The van der Waals surface area contributed by atoms with E-state index in [1.54, 1.807) is 0 Å². The number of aliphatic carboxylic acids is 1. The molecule has 0 amide bonds. The van der Waals surface area contributed by atoms with Crippen molar-refractivity contribution in [2.24, 2.45) is 11.8 Å². The third-order valence-corrected chi connectivity index (χ3v) is 8.33. The fourth-order valence-electron chi connectivity index (χ4n) is 4.78. The van der Waals surface area contributed by atoms with E-state index >= 15 is 0 Å². The topological polar surface area (TPSA) is 375 Å². The van der Waals surface area contributed by atoms with Crippen molar-refractivity contribution in [2.45, 2.75) is 74.6 Å². The molecule has 27 heteroatoms. The molecule has 0 aromatic rings. The molecule has 13 atom stereocenters. The Morgan fingerprint density at radius 1 is 0.745 bits per heavy atom. The Morgan fingerprint density at radius 2 is 1.30 bits per heavy atom. The summed E-state index contributed by atoms with van der Waals surface area (Å²) >= 11 is 0. The minimum Gasteiger partial charge on any atom is -0.475 e. The molecule has 47 heavy (non-hydrogen) atoms. The third kappa shape index (κ3) is 11.1. The molecule has 3 aliphatic heterocycles. The number of aliphatic hydroxyl groups is 5. The lowest BCUT2D eigenvalue weighted by Crippen LogP contribution is -2.61. The Hall–Kier alpha value is -1.74. The van der Waals surface area contributed by atoms with Crippen LogP contribution in [-0.4, -0.2) is 163 Å². The van der Waals surface area contributed by atoms with E-state index in [1.165, 1.54) is 0 Å². The van der Waals surface area contributed by atoms with Crippen molar-refractivity contribution in [1.29, 1.82) is 0 Å². The van der Waals surface area contributed by atoms with E-state index in [0.717, 1.165) is 6.92 Å². The zero-order chi connectivity index (χ0) is 35.6. The van der Waals surface area contributed by atoms with Gasteiger partial charge >= 0.3 is 37.2 Å². The second-order valence-corrected chi connectivity index (χ2v) is 13.4. The molecule has 2 saturated heterocycles. The first kappa shape index (κ1) is 39.7. The van der Waals surface area contributed by atoms with Crippen LogP contribution in [0.3, 0.4) is 0 Å². The summed E-state index contributed by atoms with van der Waals surface area (Å²) in [6.07, 6.45) is -20.8. The average molecular weight is 753 g/mol. The van der Waals surface area contributed by atoms with Crippen molar-refractivity contribution >= 4 is 37.2 Å². The summed E-state index contributed by atoms with van der Waals surface area (Å²) in [6, 6.07) is 0. The molecule has 274 valence electrons. The van der Waals surface area contributed by atoms with Crippen molar-refractivity contribution in [2.75, 3.05) is 19.8 Å². The molecular weight excluding hydrogens is 720 g/mol. The van der Waals surface area contributed by atoms with Gasteiger partial charge in [-0.25, -0.2) is 17.3 Å². The van der Waals surface area contributed by atoms with Crippen molar-refractivity contribution in [1.82, 2.24) is 0 Å². The lowest BCUT2D eigenvalue weighted by atomic mass is 9.83. The number of hydrogen-bond donors (Lipinski definition) is 9. The Morgan fingerprint density at radius 3 is 1.85 bits per heavy atom. The SMILES string of the molecule is CC1O[C@@H](OCC2C(CO[C@@H]3OC(C(=O)O)=CC(O)C3O)C(O)OC(COS(=O)(=O)O)[C@H]2O)C(OS(=O)(=O)O)C(O)[C@@H]1OS(=O)(=O)O. The number of carbonyl (C=O) groups is 1. The van der Waals surface area contributed by atoms with Gasteiger partial charge in [-0.2, -0.15) is 25.3 Å². The van der Waals surface area contributed by atoms with Gasteiger partial charge in [0, 0.05) is 11.8 Å². The maximum Gasteiger partial charge on any atom is 0.397 e. The van der Waals surface area contributed by atoms with Crippen molar-refractivity contribution in [3.8, 4) is 0 Å². The largest absolute Gasteiger partial charge is 0.475 e. The van der Waals surface area contributed by atoms with Crippen LogP contribution in [0, 0.1) is 11.8 Å². The van der Waals surface area contributed by atoms with E-state index in [-0.39, 0.29) is 0 Å². The van der Waals surface area contributed by atoms with Crippen LogP contribution in [0.15, 0.2) is 11.8 Å². The summed E-state index contributed by atoms with van der Waals surface area (Å²) in [6.45, 7) is -1.72. The summed E-state index contributed by atoms with van der Waals surface area (Å²) in [5.41, 5.74) is 0. The smallest absolute Gasteiger partial charge is 0.397 e. The molecule has 0 aromatic heterocycles. The average Bonchev–Trinajstić information content (AvgIpc) is 2.92. The lowest BCUT2D eigenvalue weighted by molar-refractivity contribution is -0.309. The van der Waals surface area contributed by atoms with Gasteiger partial charge < -0.3 is 54.3 Å². The summed E-state index contributed by atoms with van der Waals surface area (Å²) < 4.78 is 134. The zero-order valence-electron chi connectivity index (χ0n) is 23.6. The second kappa shape index (κ2) is 15.4. The van der Waals surface area contributed by atoms with Gasteiger partial charge in [0.2, 0.25) is 12.0 Å². The first-order chi connectivity index (χ1) is 21.5. The molecular formula is C20H32O24S3. The Kier molecular flexibility index (Phi) is 13.0. The fraction of sp³-hybridized carbons (Fsp3) is 0.850. The molecule has 0 bridgehead atoms. The first-order valence-electron chi connectivity index (χ1n) is 13.0. The highest BCUT2D eigenvalue weighted by atomic mass is 32.3. The van der Waals surface area contributed by atoms with E-state index in [4.69, 9.17) is 37.9 Å². The highest BCUT2D eigenvalue weighted by Crippen LogP contribution is 2.35. The predicted molar refractivity (Wildman–Crippen MR) is 139 cm³/mol. The Bertz CT molecular complexity index is 1450. The van der Waals surface area contributed by atoms with Crippen LogP contribution < -0.4 is 0 Å². The van der Waals surface area contributed by atoms with Gasteiger partial charge in [-0.05, 0) is 13.0 Å². The van der Waals surface area contributed by atoms with E-state index in [2.05, 4.69) is 12.5 Å². The molecule has 0 saturated carbocycles. The zero-order valence-corrected chi connectivity index (χ0v) is 26.0. The predicted octanol–water partition coefficient (Wildman–Crippen LogP) is -5.32. The second-order valence-electron chi connectivity index (χ2n) is 10.2. The third-order valence-electron chi connectivity index (χ3n) is 6.96. The van der Waals surface area contributed by atoms with Crippen LogP contribution in [0.1, 0.15) is 6.92 Å². The van der Waals surface area contributed by atoms with Gasteiger partial charge in [-0.3, -0.25) is 13.7 Å². The number of aliphatic hydroxyl groups excluding tert-OH is 5. The monoisotopic (exact) mass is 752 g/mol. The van der Waals surface area contributed by atoms with E-state index < -0.39 is 142 Å². The summed E-state index contributed by atoms with van der Waals surface area (Å²) in [4.78, 5) is 11.3. The van der Waals surface area contributed by atoms with Gasteiger partial charge in [-0.15, -0.1) is 0 Å². The minimum atomic E-state index is -5.44. The van der Waals surface area contributed by atoms with Crippen LogP contribution in [0.5, 0.6) is 0 Å². The number of hydrogen-bond acceptors (Lipinski definition) is 20. The molecule has 0 radical (unpaired) electrons. The lowest BCUT2D eigenvalue weighted by Gasteiger charge is -2.45. The van der Waals surface area contributed by atoms with E-state index in [1.807, 2.05) is 0 Å². The van der Waals surface area contributed by atoms with E-state index in [0.29, 0.717) is 6.08 Å². The van der Waals surface area contributed by atoms with Gasteiger partial charge in [0.1, 0.15) is 30.5 Å². The molecule has 0 spiro atoms. The summed E-state index contributed by atoms with van der Waals surface area (Å²) in [5.74, 6) is -5.49. The fourth-order valence-corrected chi connectivity index (χ4v) is 6.12. The minimum absolute atomic E-state index is 0.669. The highest BCUT2D eigenvalue weighted by molar-refractivity contribution is 7.81. The quantitative estimate of drug-likeness (QED) is 0.0748. The van der Waals surface area contributed by atoms with Gasteiger partial charge in [-0.1, -0.05) is 0 Å². The normalized spacial score (nSPS) is 38.7. The van der Waals surface area contributed by atoms with Crippen LogP contribution in [0.4, 0.5) is 0 Å². The van der Waals surface area contributed by atoms with Gasteiger partial charge in [0.25, 0.3) is 0 Å². The Labute approximate surface area is 265 Å². The molecule has 9 unspecified atom stereocenters. The number of carboxylic acid groups (broad SMARTS) is 1. The van der Waals surface area contributed by atoms with Gasteiger partial charge in [0.15, 0.2) is 18.7 Å². The molecule has 9 N–H and O–H groups in total. The van der Waals surface area contributed by atoms with Crippen LogP contribution in [0.2, 0.25) is 0 Å². The van der Waals surface area contributed by atoms with Crippen LogP contribution >= 0.6 is 0 Å². The van der Waals surface area contributed by atoms with Gasteiger partial charge in [0.05, 0.1) is 32.0 Å². The van der Waals surface area contributed by atoms with Crippen molar-refractivity contribution in [3.63, 3.8) is 0 Å². The van der Waals surface area contributed by atoms with Crippen molar-refractivity contribution in [3.05, 3.63) is 11.8 Å². The molecule has 24 nitrogen and oxygen atoms in total. The summed E-state index contributed by atoms with van der Waals surface area (Å²) in [5, 5.41) is 61.6.